The zero-order valence-electron chi connectivity index (χ0n) is 30.5. The second-order valence-electron chi connectivity index (χ2n) is 14.0. The standard InChI is InChI=1S/C53H35N3/c1-5-16-36(17-6-1)40-24-13-26-42(32-40)50-35-51(56-53(55-50)43-27-14-25-41(33-43)37-18-7-2-8-19-37)45-28-15-29-46-44(45)30-31-48-52(46)47(38-20-9-3-10-21-38)34-49(54-48)39-22-11-4-12-23-39/h1-35H. The average Bonchev–Trinajstić information content (AvgIpc) is 3.29. The van der Waals surface area contributed by atoms with Gasteiger partial charge in [0.25, 0.3) is 0 Å². The van der Waals surface area contributed by atoms with Crippen molar-refractivity contribution in [3.8, 4) is 78.5 Å². The van der Waals surface area contributed by atoms with Gasteiger partial charge in [0, 0.05) is 27.6 Å². The zero-order valence-corrected chi connectivity index (χ0v) is 30.5. The number of aromatic nitrogens is 3. The van der Waals surface area contributed by atoms with E-state index in [0.717, 1.165) is 88.8 Å². The van der Waals surface area contributed by atoms with E-state index in [9.17, 15) is 0 Å². The second kappa shape index (κ2) is 14.4. The van der Waals surface area contributed by atoms with Gasteiger partial charge in [-0.05, 0) is 74.5 Å². The van der Waals surface area contributed by atoms with E-state index >= 15 is 0 Å². The van der Waals surface area contributed by atoms with E-state index < -0.39 is 0 Å². The lowest BCUT2D eigenvalue weighted by atomic mass is 9.92. The summed E-state index contributed by atoms with van der Waals surface area (Å²) >= 11 is 0. The Labute approximate surface area is 326 Å². The molecule has 2 heterocycles. The van der Waals surface area contributed by atoms with Gasteiger partial charge in [0.05, 0.1) is 22.6 Å². The van der Waals surface area contributed by atoms with E-state index in [2.05, 4.69) is 194 Å². The van der Waals surface area contributed by atoms with Crippen LogP contribution in [0.1, 0.15) is 0 Å². The van der Waals surface area contributed by atoms with Crippen molar-refractivity contribution in [3.63, 3.8) is 0 Å². The summed E-state index contributed by atoms with van der Waals surface area (Å²) in [6, 6.07) is 74.5. The van der Waals surface area contributed by atoms with Crippen LogP contribution in [0.2, 0.25) is 0 Å². The van der Waals surface area contributed by atoms with Gasteiger partial charge in [0.15, 0.2) is 5.82 Å². The van der Waals surface area contributed by atoms with Crippen LogP contribution in [0.4, 0.5) is 0 Å². The summed E-state index contributed by atoms with van der Waals surface area (Å²) in [4.78, 5) is 15.9. The molecular formula is C53H35N3. The van der Waals surface area contributed by atoms with Gasteiger partial charge in [-0.15, -0.1) is 0 Å². The minimum Gasteiger partial charge on any atom is -0.248 e. The van der Waals surface area contributed by atoms with Crippen molar-refractivity contribution >= 4 is 21.7 Å². The Morgan fingerprint density at radius 3 is 1.41 bits per heavy atom. The summed E-state index contributed by atoms with van der Waals surface area (Å²) in [5.74, 6) is 0.678. The first-order valence-corrected chi connectivity index (χ1v) is 18.9. The Balaban J connectivity index is 1.20. The van der Waals surface area contributed by atoms with Gasteiger partial charge in [-0.25, -0.2) is 15.0 Å². The highest BCUT2D eigenvalue weighted by Crippen LogP contribution is 2.40. The summed E-state index contributed by atoms with van der Waals surface area (Å²) in [6.45, 7) is 0. The number of nitrogens with zero attached hydrogens (tertiary/aromatic N) is 3. The third kappa shape index (κ3) is 6.31. The molecule has 0 fully saturated rings. The lowest BCUT2D eigenvalue weighted by molar-refractivity contribution is 1.18. The van der Waals surface area contributed by atoms with Gasteiger partial charge >= 0.3 is 0 Å². The highest BCUT2D eigenvalue weighted by atomic mass is 14.9. The number of fused-ring (bicyclic) bond motifs is 3. The molecule has 3 nitrogen and oxygen atoms in total. The molecule has 0 amide bonds. The first-order valence-electron chi connectivity index (χ1n) is 18.9. The molecule has 10 rings (SSSR count). The average molecular weight is 714 g/mol. The number of rotatable bonds is 7. The van der Waals surface area contributed by atoms with Crippen LogP contribution < -0.4 is 0 Å². The van der Waals surface area contributed by atoms with Crippen LogP contribution in [-0.4, -0.2) is 15.0 Å². The molecule has 56 heavy (non-hydrogen) atoms. The Bertz CT molecular complexity index is 2900. The molecule has 0 atom stereocenters. The van der Waals surface area contributed by atoms with Crippen LogP contribution in [0, 0.1) is 0 Å². The molecule has 0 saturated carbocycles. The number of benzene rings is 8. The first kappa shape index (κ1) is 33.1. The minimum absolute atomic E-state index is 0.678. The summed E-state index contributed by atoms with van der Waals surface area (Å²) in [5.41, 5.74) is 14.6. The minimum atomic E-state index is 0.678. The van der Waals surface area contributed by atoms with Gasteiger partial charge in [0.1, 0.15) is 0 Å². The fourth-order valence-electron chi connectivity index (χ4n) is 7.74. The summed E-state index contributed by atoms with van der Waals surface area (Å²) in [6.07, 6.45) is 0. The van der Waals surface area contributed by atoms with E-state index in [1.807, 2.05) is 18.2 Å². The largest absolute Gasteiger partial charge is 0.248 e. The Morgan fingerprint density at radius 1 is 0.250 bits per heavy atom. The van der Waals surface area contributed by atoms with Crippen molar-refractivity contribution in [2.24, 2.45) is 0 Å². The highest BCUT2D eigenvalue weighted by Gasteiger charge is 2.17. The van der Waals surface area contributed by atoms with Gasteiger partial charge in [-0.3, -0.25) is 0 Å². The first-order chi connectivity index (χ1) is 27.7. The van der Waals surface area contributed by atoms with Crippen LogP contribution in [0.3, 0.4) is 0 Å². The molecule has 0 radical (unpaired) electrons. The maximum Gasteiger partial charge on any atom is 0.160 e. The molecule has 0 spiro atoms. The molecule has 0 saturated heterocycles. The van der Waals surface area contributed by atoms with Crippen molar-refractivity contribution in [2.45, 2.75) is 0 Å². The van der Waals surface area contributed by atoms with Crippen molar-refractivity contribution < 1.29 is 0 Å². The van der Waals surface area contributed by atoms with Crippen LogP contribution in [0.15, 0.2) is 212 Å². The summed E-state index contributed by atoms with van der Waals surface area (Å²) in [5, 5.41) is 3.36. The van der Waals surface area contributed by atoms with Crippen LogP contribution in [0.5, 0.6) is 0 Å². The second-order valence-corrected chi connectivity index (χ2v) is 14.0. The number of hydrogen-bond donors (Lipinski definition) is 0. The molecule has 0 aliphatic carbocycles. The van der Waals surface area contributed by atoms with Crippen molar-refractivity contribution in [3.05, 3.63) is 212 Å². The smallest absolute Gasteiger partial charge is 0.160 e. The molecule has 262 valence electrons. The van der Waals surface area contributed by atoms with Gasteiger partial charge in [-0.1, -0.05) is 182 Å². The molecule has 2 aromatic heterocycles. The Hall–Kier alpha value is -7.49. The van der Waals surface area contributed by atoms with E-state index in [-0.39, 0.29) is 0 Å². The lowest BCUT2D eigenvalue weighted by Crippen LogP contribution is -1.97. The SMILES string of the molecule is c1ccc(-c2cccc(-c3cc(-c4cccc5c4ccc4nc(-c6ccccc6)cc(-c6ccccc6)c45)nc(-c4cccc(-c5ccccc5)c4)n3)c2)cc1. The maximum absolute atomic E-state index is 5.35. The monoisotopic (exact) mass is 713 g/mol. The third-order valence-electron chi connectivity index (χ3n) is 10.5. The van der Waals surface area contributed by atoms with Crippen LogP contribution in [-0.2, 0) is 0 Å². The zero-order chi connectivity index (χ0) is 37.3. The molecular weight excluding hydrogens is 679 g/mol. The summed E-state index contributed by atoms with van der Waals surface area (Å²) in [7, 11) is 0. The fourth-order valence-corrected chi connectivity index (χ4v) is 7.74. The van der Waals surface area contributed by atoms with Crippen molar-refractivity contribution in [1.29, 1.82) is 0 Å². The van der Waals surface area contributed by atoms with Crippen LogP contribution >= 0.6 is 0 Å². The van der Waals surface area contributed by atoms with Gasteiger partial charge in [0.2, 0.25) is 0 Å². The van der Waals surface area contributed by atoms with E-state index in [1.165, 1.54) is 5.56 Å². The lowest BCUT2D eigenvalue weighted by Gasteiger charge is -2.16. The third-order valence-corrected chi connectivity index (χ3v) is 10.5. The maximum atomic E-state index is 5.35. The number of hydrogen-bond acceptors (Lipinski definition) is 3. The van der Waals surface area contributed by atoms with E-state index in [4.69, 9.17) is 15.0 Å². The van der Waals surface area contributed by atoms with E-state index in [0.29, 0.717) is 5.82 Å². The van der Waals surface area contributed by atoms with Crippen molar-refractivity contribution in [2.75, 3.05) is 0 Å². The predicted molar refractivity (Wildman–Crippen MR) is 233 cm³/mol. The quantitative estimate of drug-likeness (QED) is 0.154. The topological polar surface area (TPSA) is 38.7 Å². The van der Waals surface area contributed by atoms with Gasteiger partial charge in [-0.2, -0.15) is 0 Å². The van der Waals surface area contributed by atoms with E-state index in [1.54, 1.807) is 0 Å². The highest BCUT2D eigenvalue weighted by molar-refractivity contribution is 6.16. The summed E-state index contributed by atoms with van der Waals surface area (Å²) < 4.78 is 0. The van der Waals surface area contributed by atoms with Crippen LogP contribution in [0.25, 0.3) is 100 Å². The fraction of sp³-hybridized carbons (Fsp3) is 0. The Morgan fingerprint density at radius 2 is 0.750 bits per heavy atom. The molecule has 3 heteroatoms. The Kier molecular flexibility index (Phi) is 8.51. The molecule has 0 unspecified atom stereocenters. The molecule has 10 aromatic rings. The molecule has 0 N–H and O–H groups in total. The predicted octanol–water partition coefficient (Wildman–Crippen LogP) is 13.8. The van der Waals surface area contributed by atoms with Crippen molar-refractivity contribution in [1.82, 2.24) is 15.0 Å². The number of pyridine rings is 1. The molecule has 0 aliphatic rings. The molecule has 0 bridgehead atoms. The molecule has 8 aromatic carbocycles. The normalized spacial score (nSPS) is 11.2. The molecule has 0 aliphatic heterocycles. The van der Waals surface area contributed by atoms with Gasteiger partial charge < -0.3 is 0 Å².